The number of nitro benzene ring substituents is 1. The topological polar surface area (TPSA) is 89.7 Å². The molecule has 0 spiro atoms. The zero-order chi connectivity index (χ0) is 17.8. The Labute approximate surface area is 151 Å². The number of anilines is 1. The number of nitrogens with one attached hydrogen (secondary N) is 1. The minimum atomic E-state index is -0.485. The standard InChI is InChI=1S/C16H14N4O3S2/c1-10-15(14-4-3-7-24-14)18-16(25-10)19-17-9-11-5-6-13(23-2)12(8-11)20(21)22/h3-9H,1-2H3,(H,18,19)/b17-9-. The lowest BCUT2D eigenvalue weighted by Crippen LogP contribution is -1.96. The molecule has 9 heteroatoms. The summed E-state index contributed by atoms with van der Waals surface area (Å²) in [6.07, 6.45) is 1.51. The van der Waals surface area contributed by atoms with Crippen LogP contribution < -0.4 is 10.2 Å². The molecule has 0 aliphatic rings. The fourth-order valence-corrected chi connectivity index (χ4v) is 3.79. The van der Waals surface area contributed by atoms with E-state index in [-0.39, 0.29) is 11.4 Å². The third-order valence-corrected chi connectivity index (χ3v) is 5.08. The molecule has 0 aliphatic heterocycles. The molecule has 0 amide bonds. The lowest BCUT2D eigenvalue weighted by molar-refractivity contribution is -0.385. The maximum absolute atomic E-state index is 11.0. The number of methoxy groups -OCH3 is 1. The molecule has 0 saturated carbocycles. The highest BCUT2D eigenvalue weighted by atomic mass is 32.1. The van der Waals surface area contributed by atoms with E-state index in [0.29, 0.717) is 10.7 Å². The largest absolute Gasteiger partial charge is 0.490 e. The first-order chi connectivity index (χ1) is 12.1. The molecular weight excluding hydrogens is 360 g/mol. The van der Waals surface area contributed by atoms with E-state index in [1.165, 1.54) is 30.7 Å². The molecule has 2 aromatic heterocycles. The summed E-state index contributed by atoms with van der Waals surface area (Å²) in [6.45, 7) is 2.01. The van der Waals surface area contributed by atoms with Crippen LogP contribution in [0, 0.1) is 17.0 Å². The zero-order valence-electron chi connectivity index (χ0n) is 13.4. The average Bonchev–Trinajstić information content (AvgIpc) is 3.24. The van der Waals surface area contributed by atoms with Crippen molar-refractivity contribution in [1.82, 2.24) is 4.98 Å². The third-order valence-electron chi connectivity index (χ3n) is 3.32. The SMILES string of the molecule is COc1ccc(/C=N\Nc2nc(-c3cccs3)c(C)s2)cc1[N+](=O)[O-]. The molecule has 7 nitrogen and oxygen atoms in total. The summed E-state index contributed by atoms with van der Waals surface area (Å²) in [5.41, 5.74) is 4.31. The number of benzene rings is 1. The van der Waals surface area contributed by atoms with Crippen molar-refractivity contribution in [3.05, 3.63) is 56.3 Å². The fraction of sp³-hybridized carbons (Fsp3) is 0.125. The number of hydrogen-bond donors (Lipinski definition) is 1. The number of nitrogens with zero attached hydrogens (tertiary/aromatic N) is 3. The normalized spacial score (nSPS) is 11.0. The van der Waals surface area contributed by atoms with Crippen LogP contribution in [-0.4, -0.2) is 23.2 Å². The molecule has 0 unspecified atom stereocenters. The number of thiazole rings is 1. The Morgan fingerprint density at radius 2 is 2.24 bits per heavy atom. The van der Waals surface area contributed by atoms with E-state index in [1.54, 1.807) is 23.5 Å². The van der Waals surface area contributed by atoms with Gasteiger partial charge in [0.2, 0.25) is 5.13 Å². The van der Waals surface area contributed by atoms with Gasteiger partial charge >= 0.3 is 5.69 Å². The van der Waals surface area contributed by atoms with E-state index < -0.39 is 4.92 Å². The third kappa shape index (κ3) is 3.83. The van der Waals surface area contributed by atoms with Gasteiger partial charge in [-0.15, -0.1) is 22.7 Å². The molecule has 25 heavy (non-hydrogen) atoms. The molecule has 0 atom stereocenters. The van der Waals surface area contributed by atoms with Crippen molar-refractivity contribution in [3.8, 4) is 16.3 Å². The minimum absolute atomic E-state index is 0.100. The quantitative estimate of drug-likeness (QED) is 0.388. The van der Waals surface area contributed by atoms with Gasteiger partial charge in [0.1, 0.15) is 0 Å². The fourth-order valence-electron chi connectivity index (χ4n) is 2.18. The van der Waals surface area contributed by atoms with Crippen LogP contribution in [0.4, 0.5) is 10.8 Å². The first-order valence-corrected chi connectivity index (χ1v) is 8.91. The number of rotatable bonds is 6. The van der Waals surface area contributed by atoms with Gasteiger partial charge in [-0.3, -0.25) is 15.5 Å². The van der Waals surface area contributed by atoms with Gasteiger partial charge in [0.05, 0.1) is 28.8 Å². The van der Waals surface area contributed by atoms with Gasteiger partial charge in [-0.2, -0.15) is 5.10 Å². The number of aryl methyl sites for hydroxylation is 1. The summed E-state index contributed by atoms with van der Waals surface area (Å²) in [5.74, 6) is 0.214. The molecule has 3 rings (SSSR count). The second-order valence-corrected chi connectivity index (χ2v) is 7.11. The molecule has 0 saturated heterocycles. The number of aromatic nitrogens is 1. The zero-order valence-corrected chi connectivity index (χ0v) is 15.1. The van der Waals surface area contributed by atoms with Crippen molar-refractivity contribution >= 4 is 39.7 Å². The molecule has 0 radical (unpaired) electrons. The van der Waals surface area contributed by atoms with Crippen molar-refractivity contribution in [2.24, 2.45) is 5.10 Å². The molecule has 1 N–H and O–H groups in total. The van der Waals surface area contributed by atoms with Crippen LogP contribution in [0.25, 0.3) is 10.6 Å². The predicted octanol–water partition coefficient (Wildman–Crippen LogP) is 4.54. The molecule has 0 fully saturated rings. The second kappa shape index (κ2) is 7.41. The van der Waals surface area contributed by atoms with Crippen LogP contribution in [0.5, 0.6) is 5.75 Å². The second-order valence-electron chi connectivity index (χ2n) is 4.96. The minimum Gasteiger partial charge on any atom is -0.490 e. The number of ether oxygens (including phenoxy) is 1. The van der Waals surface area contributed by atoms with Crippen LogP contribution in [0.2, 0.25) is 0 Å². The molecular formula is C16H14N4O3S2. The van der Waals surface area contributed by atoms with Crippen molar-refractivity contribution < 1.29 is 9.66 Å². The van der Waals surface area contributed by atoms with Gasteiger partial charge in [-0.05, 0) is 30.5 Å². The van der Waals surface area contributed by atoms with Crippen LogP contribution >= 0.6 is 22.7 Å². The lowest BCUT2D eigenvalue weighted by atomic mass is 10.2. The Morgan fingerprint density at radius 1 is 1.40 bits per heavy atom. The van der Waals surface area contributed by atoms with Crippen LogP contribution in [0.15, 0.2) is 40.8 Å². The lowest BCUT2D eigenvalue weighted by Gasteiger charge is -2.01. The van der Waals surface area contributed by atoms with Crippen LogP contribution in [-0.2, 0) is 0 Å². The van der Waals surface area contributed by atoms with E-state index in [9.17, 15) is 10.1 Å². The van der Waals surface area contributed by atoms with E-state index in [1.807, 2.05) is 24.4 Å². The summed E-state index contributed by atoms with van der Waals surface area (Å²) >= 11 is 3.14. The van der Waals surface area contributed by atoms with Gasteiger partial charge in [0, 0.05) is 16.5 Å². The Morgan fingerprint density at radius 3 is 2.92 bits per heavy atom. The maximum Gasteiger partial charge on any atom is 0.311 e. The van der Waals surface area contributed by atoms with Gasteiger partial charge in [-0.1, -0.05) is 6.07 Å². The molecule has 128 valence electrons. The monoisotopic (exact) mass is 374 g/mol. The number of hydrogen-bond acceptors (Lipinski definition) is 8. The first-order valence-electron chi connectivity index (χ1n) is 7.21. The average molecular weight is 374 g/mol. The summed E-state index contributed by atoms with van der Waals surface area (Å²) in [5, 5.41) is 17.8. The van der Waals surface area contributed by atoms with E-state index >= 15 is 0 Å². The summed E-state index contributed by atoms with van der Waals surface area (Å²) in [6, 6.07) is 8.66. The van der Waals surface area contributed by atoms with Crippen LogP contribution in [0.3, 0.4) is 0 Å². The van der Waals surface area contributed by atoms with E-state index in [4.69, 9.17) is 4.74 Å². The van der Waals surface area contributed by atoms with Gasteiger partial charge < -0.3 is 4.74 Å². The Balaban J connectivity index is 1.75. The molecule has 2 heterocycles. The highest BCUT2D eigenvalue weighted by molar-refractivity contribution is 7.17. The van der Waals surface area contributed by atoms with Crippen molar-refractivity contribution in [1.29, 1.82) is 0 Å². The summed E-state index contributed by atoms with van der Waals surface area (Å²) < 4.78 is 4.98. The number of nitro groups is 1. The molecule has 0 bridgehead atoms. The first kappa shape index (κ1) is 17.1. The molecule has 1 aromatic carbocycles. The molecule has 3 aromatic rings. The van der Waals surface area contributed by atoms with Crippen LogP contribution in [0.1, 0.15) is 10.4 Å². The Kier molecular flexibility index (Phi) is 5.05. The predicted molar refractivity (Wildman–Crippen MR) is 101 cm³/mol. The number of thiophene rings is 1. The van der Waals surface area contributed by atoms with Crippen molar-refractivity contribution in [3.63, 3.8) is 0 Å². The smallest absolute Gasteiger partial charge is 0.311 e. The van der Waals surface area contributed by atoms with Crippen molar-refractivity contribution in [2.45, 2.75) is 6.92 Å². The van der Waals surface area contributed by atoms with Gasteiger partial charge in [0.25, 0.3) is 0 Å². The summed E-state index contributed by atoms with van der Waals surface area (Å²) in [7, 11) is 1.40. The maximum atomic E-state index is 11.0. The molecule has 0 aliphatic carbocycles. The highest BCUT2D eigenvalue weighted by Crippen LogP contribution is 2.33. The van der Waals surface area contributed by atoms with E-state index in [0.717, 1.165) is 15.4 Å². The summed E-state index contributed by atoms with van der Waals surface area (Å²) in [4.78, 5) is 17.3. The van der Waals surface area contributed by atoms with Gasteiger partial charge in [0.15, 0.2) is 5.75 Å². The van der Waals surface area contributed by atoms with Gasteiger partial charge in [-0.25, -0.2) is 4.98 Å². The van der Waals surface area contributed by atoms with Crippen molar-refractivity contribution in [2.75, 3.05) is 12.5 Å². The van der Waals surface area contributed by atoms with E-state index in [2.05, 4.69) is 15.5 Å². The number of hydrazone groups is 1. The Hall–Kier alpha value is -2.78. The highest BCUT2D eigenvalue weighted by Gasteiger charge is 2.14. The Bertz CT molecular complexity index is 920.